The summed E-state index contributed by atoms with van der Waals surface area (Å²) in [5, 5.41) is 31.0. The monoisotopic (exact) mass is 1890 g/mol. The Morgan fingerprint density at radius 2 is 0.538 bits per heavy atom. The van der Waals surface area contributed by atoms with E-state index in [1.54, 1.807) is 10.8 Å². The van der Waals surface area contributed by atoms with Crippen LogP contribution in [0.4, 0.5) is 0 Å². The molecule has 0 amide bonds. The number of nitrogens with zero attached hydrogens (tertiary/aromatic N) is 7. The minimum absolute atomic E-state index is 0.211. The largest absolute Gasteiger partial charge is 0.455 e. The normalized spacial score (nSPS) is 12.4. The van der Waals surface area contributed by atoms with Crippen LogP contribution in [-0.4, -0.2) is 9.97 Å². The lowest BCUT2D eigenvalue weighted by Gasteiger charge is -2.13. The van der Waals surface area contributed by atoms with Crippen molar-refractivity contribution >= 4 is 196 Å². The summed E-state index contributed by atoms with van der Waals surface area (Å²) in [6.07, 6.45) is 11.5. The van der Waals surface area contributed by atoms with Crippen molar-refractivity contribution < 1.29 is 50.4 Å². The molecule has 0 bridgehead atoms. The highest BCUT2D eigenvalue weighted by Crippen LogP contribution is 2.51. The number of pyridine rings is 3. The molecule has 0 atom stereocenters. The Morgan fingerprint density at radius 3 is 0.876 bits per heavy atom. The van der Waals surface area contributed by atoms with Crippen LogP contribution < -0.4 is 22.8 Å². The maximum atomic E-state index is 8.48. The molecule has 0 unspecified atom stereocenters. The van der Waals surface area contributed by atoms with Crippen LogP contribution in [-0.2, 0) is 35.2 Å². The Morgan fingerprint density at radius 1 is 0.262 bits per heavy atom. The number of aryl methyl sites for hydroxylation is 12. The molecule has 0 saturated carbocycles. The molecule has 0 fully saturated rings. The van der Waals surface area contributed by atoms with E-state index in [9.17, 15) is 0 Å². The van der Waals surface area contributed by atoms with Gasteiger partial charge in [-0.2, -0.15) is 0 Å². The molecule has 0 N–H and O–H groups in total. The van der Waals surface area contributed by atoms with E-state index < -0.39 is 12.7 Å². The highest BCUT2D eigenvalue weighted by atomic mass is 16.3. The molecular formula is C133H110N7O5+5. The van der Waals surface area contributed by atoms with Crippen LogP contribution in [0.5, 0.6) is 0 Å². The topological polar surface area (TPSA) is 111 Å². The van der Waals surface area contributed by atoms with Gasteiger partial charge >= 0.3 is 11.6 Å². The van der Waals surface area contributed by atoms with Crippen molar-refractivity contribution in [3.63, 3.8) is 0 Å². The fourth-order valence-corrected chi connectivity index (χ4v) is 22.8. The van der Waals surface area contributed by atoms with E-state index in [2.05, 4.69) is 379 Å². The Kier molecular flexibility index (Phi) is 21.3. The number of furan rings is 5. The second-order valence-electron chi connectivity index (χ2n) is 39.2. The van der Waals surface area contributed by atoms with Gasteiger partial charge < -0.3 is 22.1 Å². The quantitative estimate of drug-likeness (QED) is 0.146. The molecule has 0 aliphatic carbocycles. The van der Waals surface area contributed by atoms with Crippen molar-refractivity contribution in [2.24, 2.45) is 35.2 Å². The zero-order valence-electron chi connectivity index (χ0n) is 87.9. The second kappa shape index (κ2) is 36.0. The minimum Gasteiger partial charge on any atom is -0.455 e. The molecule has 12 nitrogen and oxygen atoms in total. The highest BCUT2D eigenvalue weighted by molar-refractivity contribution is 6.29. The molecule has 702 valence electrons. The summed E-state index contributed by atoms with van der Waals surface area (Å²) in [7, 11) is 10.2. The smallest absolute Gasteiger partial charge is 0.334 e. The fraction of sp³-hybridized carbons (Fsp3) is 0.135. The summed E-state index contributed by atoms with van der Waals surface area (Å²) in [6, 6.07) is 115. The van der Waals surface area contributed by atoms with E-state index in [-0.39, 0.29) is 5.56 Å². The maximum absolute atomic E-state index is 8.48. The van der Waals surface area contributed by atoms with Crippen LogP contribution >= 0.6 is 0 Å². The highest BCUT2D eigenvalue weighted by Gasteiger charge is 2.34. The Labute approximate surface area is 845 Å². The Hall–Kier alpha value is -17.4. The fourth-order valence-electron chi connectivity index (χ4n) is 22.8. The molecule has 18 aromatic carbocycles. The lowest BCUT2D eigenvalue weighted by Crippen LogP contribution is -2.32. The van der Waals surface area contributed by atoms with Crippen molar-refractivity contribution in [3.05, 3.63) is 415 Å². The molecule has 10 aromatic heterocycles. The van der Waals surface area contributed by atoms with Gasteiger partial charge in [-0.05, 0) is 221 Å². The summed E-state index contributed by atoms with van der Waals surface area (Å²) in [5.74, 6) is 1.46. The summed E-state index contributed by atoms with van der Waals surface area (Å²) in [4.78, 5) is 9.38. The van der Waals surface area contributed by atoms with Gasteiger partial charge in [0.2, 0.25) is 17.1 Å². The first-order valence-electron chi connectivity index (χ1n) is 51.7. The zero-order chi connectivity index (χ0) is 103. The van der Waals surface area contributed by atoms with Gasteiger partial charge in [-0.1, -0.05) is 282 Å². The predicted octanol–water partition coefficient (Wildman–Crippen LogP) is 32.8. The summed E-state index contributed by atoms with van der Waals surface area (Å²) in [5.41, 5.74) is 27.6. The van der Waals surface area contributed by atoms with Crippen LogP contribution in [0.1, 0.15) is 95.2 Å². The van der Waals surface area contributed by atoms with Crippen molar-refractivity contribution in [2.75, 3.05) is 0 Å². The molecule has 0 radical (unpaired) electrons. The van der Waals surface area contributed by atoms with E-state index in [0.29, 0.717) is 11.7 Å². The van der Waals surface area contributed by atoms with Crippen molar-refractivity contribution in [2.45, 2.75) is 87.9 Å². The van der Waals surface area contributed by atoms with Gasteiger partial charge in [-0.25, -0.2) is 22.8 Å². The lowest BCUT2D eigenvalue weighted by molar-refractivity contribution is -0.663. The third kappa shape index (κ3) is 15.0. The Balaban J connectivity index is 0.0000000995. The molecule has 28 rings (SSSR count). The first-order valence-corrected chi connectivity index (χ1v) is 49.7. The van der Waals surface area contributed by atoms with Gasteiger partial charge in [-0.3, -0.25) is 0 Å². The standard InChI is InChI=1S/2C30H26NO.C27H20NO.2C23H19N2O/c2*1-18(2)20-13-14-23-21(17-20)15-16-31(4)29(23)27-19(3)22-9-5-6-10-24(22)28-25-11-7-8-12-26(25)32-30(27)28;1-17-19-10-5-6-12-21(19)25-22-13-7-8-14-23(22)29-27(25)24(17)26-20-11-4-3-9-18(20)15-16-28(26)2;1-14-12-24-23(25(3)13-14)20-15(2)16-8-4-5-9-17(16)21-18-10-6-7-11-19(18)26-22(20)21;1-14-12-13-25(3)23(24-14)20-15(2)16-8-4-5-9-17(16)21-18-10-6-7-11-19(18)26-22(20)21/h2*5-18H,1-4H3;3-16H,1-2H3;2*4-13H,1-3H3/q5*+1/i18D;;;1D3;. The molecule has 12 heteroatoms. The SMILES string of the molecule is Cc1c(-c2c3ccc(C(C)C)cc3cc[n+]2C)c2oc3ccccc3c2c2ccccc12.Cc1c(-c2c3ccccc3cc[n+]2C)c2oc3ccccc3c2c2ccccc12.Cc1cc[n+](C)c(-c2c(C)c3ccccc3c3c2oc2ccccc23)n1.[2H]C(C)(C)c1ccc2c(-c3c(C)c4ccccc4c4c3oc3ccccc34)[n+](C)ccc2c1.[2H]C([2H])([2H])c1cnc(-c2c(C)c3ccccc3c3c2oc2ccccc23)[n+](C)c1. The van der Waals surface area contributed by atoms with Gasteiger partial charge in [0.15, 0.2) is 35.5 Å². The van der Waals surface area contributed by atoms with Gasteiger partial charge in [0.1, 0.15) is 83.1 Å². The molecule has 0 spiro atoms. The molecule has 0 aliphatic rings. The van der Waals surface area contributed by atoms with E-state index in [4.69, 9.17) is 32.6 Å². The second-order valence-corrected chi connectivity index (χ2v) is 39.2. The van der Waals surface area contributed by atoms with E-state index in [1.165, 1.54) is 153 Å². The average molecular weight is 1890 g/mol. The number of aromatic nitrogens is 7. The van der Waals surface area contributed by atoms with E-state index >= 15 is 0 Å². The molecule has 0 aliphatic heterocycles. The molecule has 145 heavy (non-hydrogen) atoms. The molecule has 0 saturated heterocycles. The van der Waals surface area contributed by atoms with Crippen LogP contribution in [0.15, 0.2) is 387 Å². The summed E-state index contributed by atoms with van der Waals surface area (Å²) < 4.78 is 74.3. The number of benzene rings is 18. The minimum atomic E-state index is -2.20. The van der Waals surface area contributed by atoms with E-state index in [1.807, 2.05) is 102 Å². The van der Waals surface area contributed by atoms with Crippen LogP contribution in [0, 0.1) is 48.4 Å². The van der Waals surface area contributed by atoms with Gasteiger partial charge in [0.25, 0.3) is 0 Å². The van der Waals surface area contributed by atoms with Gasteiger partial charge in [0.05, 0.1) is 59.3 Å². The Bertz CT molecular complexity index is 10400. The first-order chi connectivity index (χ1) is 72.1. The van der Waals surface area contributed by atoms with Gasteiger partial charge in [-0.15, -0.1) is 0 Å². The number of hydrogen-bond acceptors (Lipinski definition) is 7. The number of fused-ring (bicyclic) bond motifs is 28. The number of hydrogen-bond donors (Lipinski definition) is 0. The predicted molar refractivity (Wildman–Crippen MR) is 599 cm³/mol. The van der Waals surface area contributed by atoms with Gasteiger partial charge in [0, 0.05) is 96.1 Å². The number of rotatable bonds is 7. The first kappa shape index (κ1) is 85.6. The van der Waals surface area contributed by atoms with Crippen LogP contribution in [0.3, 0.4) is 0 Å². The van der Waals surface area contributed by atoms with Crippen LogP contribution in [0.2, 0.25) is 0 Å². The average Bonchev–Trinajstić information content (AvgIpc) is 1.62. The summed E-state index contributed by atoms with van der Waals surface area (Å²) >= 11 is 0. The van der Waals surface area contributed by atoms with Crippen molar-refractivity contribution in [1.82, 2.24) is 9.97 Å². The van der Waals surface area contributed by atoms with Crippen molar-refractivity contribution in [1.29, 1.82) is 0 Å². The van der Waals surface area contributed by atoms with Crippen molar-refractivity contribution in [3.8, 4) is 56.5 Å². The third-order valence-electron chi connectivity index (χ3n) is 29.9. The maximum Gasteiger partial charge on any atom is 0.334 e. The molecular weight excluding hydrogens is 1780 g/mol. The molecule has 28 aromatic rings. The molecule has 10 heterocycles. The third-order valence-corrected chi connectivity index (χ3v) is 29.9. The summed E-state index contributed by atoms with van der Waals surface area (Å²) in [6.45, 7) is 19.0. The van der Waals surface area contributed by atoms with E-state index in [0.717, 1.165) is 144 Å². The number of para-hydroxylation sites is 5. The zero-order valence-corrected chi connectivity index (χ0v) is 83.9. The lowest BCUT2D eigenvalue weighted by atomic mass is 9.91. The van der Waals surface area contributed by atoms with Crippen LogP contribution in [0.25, 0.3) is 252 Å².